The van der Waals surface area contributed by atoms with E-state index in [1.54, 1.807) is 4.68 Å². The molecule has 1 aliphatic heterocycles. The Balaban J connectivity index is 1.71. The second kappa shape index (κ2) is 7.01. The van der Waals surface area contributed by atoms with E-state index in [1.807, 2.05) is 31.2 Å². The Morgan fingerprint density at radius 1 is 1.17 bits per heavy atom. The third kappa shape index (κ3) is 3.22. The van der Waals surface area contributed by atoms with Crippen molar-refractivity contribution >= 4 is 41.0 Å². The molecule has 1 unspecified atom stereocenters. The Labute approximate surface area is 150 Å². The first-order chi connectivity index (χ1) is 11.5. The molecular formula is C16H19Cl2N5O. The van der Waals surface area contributed by atoms with Gasteiger partial charge in [-0.05, 0) is 31.2 Å². The molecule has 3 rings (SSSR count). The molecule has 2 heterocycles. The summed E-state index contributed by atoms with van der Waals surface area (Å²) in [5.41, 5.74) is 7.59. The summed E-state index contributed by atoms with van der Waals surface area (Å²) in [5.74, 6) is 0.251. The zero-order valence-electron chi connectivity index (χ0n) is 13.3. The van der Waals surface area contributed by atoms with Crippen LogP contribution in [0.15, 0.2) is 24.3 Å². The number of hydrogen-bond acceptors (Lipinski definition) is 5. The molecule has 1 aliphatic rings. The molecule has 0 aliphatic carbocycles. The van der Waals surface area contributed by atoms with Crippen molar-refractivity contribution < 1.29 is 4.79 Å². The van der Waals surface area contributed by atoms with Crippen LogP contribution in [0.4, 0.5) is 11.5 Å². The molecule has 0 bridgehead atoms. The first-order valence-electron chi connectivity index (χ1n) is 7.71. The highest BCUT2D eigenvalue weighted by Crippen LogP contribution is 2.27. The van der Waals surface area contributed by atoms with Crippen molar-refractivity contribution in [3.8, 4) is 0 Å². The third-order valence-corrected chi connectivity index (χ3v) is 5.07. The first kappa shape index (κ1) is 17.1. The molecule has 0 spiro atoms. The molecule has 128 valence electrons. The lowest BCUT2D eigenvalue weighted by atomic mass is 10.2. The van der Waals surface area contributed by atoms with Crippen LogP contribution in [0, 0.1) is 6.92 Å². The predicted octanol–water partition coefficient (Wildman–Crippen LogP) is 2.60. The maximum Gasteiger partial charge on any atom is 0.164 e. The maximum atomic E-state index is 11.7. The van der Waals surface area contributed by atoms with Crippen LogP contribution in [0.5, 0.6) is 0 Å². The minimum Gasteiger partial charge on any atom is -0.381 e. The van der Waals surface area contributed by atoms with Crippen molar-refractivity contribution in [1.29, 1.82) is 0 Å². The Hall–Kier alpha value is -1.76. The van der Waals surface area contributed by atoms with Crippen molar-refractivity contribution in [2.75, 3.05) is 36.8 Å². The summed E-state index contributed by atoms with van der Waals surface area (Å²) < 4.78 is 1.60. The molecule has 1 fully saturated rings. The van der Waals surface area contributed by atoms with Crippen molar-refractivity contribution in [2.45, 2.75) is 13.1 Å². The molecule has 6 nitrogen and oxygen atoms in total. The molecule has 0 amide bonds. The zero-order chi connectivity index (χ0) is 17.3. The van der Waals surface area contributed by atoms with E-state index in [0.717, 1.165) is 43.2 Å². The van der Waals surface area contributed by atoms with E-state index in [1.165, 1.54) is 0 Å². The zero-order valence-corrected chi connectivity index (χ0v) is 14.8. The standard InChI is InChI=1S/C16H19Cl2N5O/c1-11-15(18)16(19)20-23(11)14(10-24)22-8-6-21(7-9-22)13-4-2-12(17)3-5-13/h2-5,10,14H,6-9H2,1H3,(H2,19,20). The van der Waals surface area contributed by atoms with Gasteiger partial charge in [-0.2, -0.15) is 5.10 Å². The maximum absolute atomic E-state index is 11.7. The molecule has 2 aromatic rings. The van der Waals surface area contributed by atoms with Crippen molar-refractivity contribution in [1.82, 2.24) is 14.7 Å². The number of nitrogens with zero attached hydrogens (tertiary/aromatic N) is 4. The van der Waals surface area contributed by atoms with Crippen LogP contribution in [0.3, 0.4) is 0 Å². The van der Waals surface area contributed by atoms with Crippen LogP contribution < -0.4 is 10.6 Å². The summed E-state index contributed by atoms with van der Waals surface area (Å²) in [6, 6.07) is 7.78. The van der Waals surface area contributed by atoms with Gasteiger partial charge in [-0.1, -0.05) is 23.2 Å². The topological polar surface area (TPSA) is 67.4 Å². The fraction of sp³-hybridized carbons (Fsp3) is 0.375. The first-order valence-corrected chi connectivity index (χ1v) is 8.47. The van der Waals surface area contributed by atoms with Gasteiger partial charge in [-0.25, -0.2) is 4.68 Å². The molecule has 2 N–H and O–H groups in total. The Morgan fingerprint density at radius 2 is 1.79 bits per heavy atom. The molecule has 1 saturated heterocycles. The minimum atomic E-state index is -0.493. The number of nitrogen functional groups attached to an aromatic ring is 1. The Bertz CT molecular complexity index is 723. The largest absolute Gasteiger partial charge is 0.381 e. The highest BCUT2D eigenvalue weighted by Gasteiger charge is 2.27. The fourth-order valence-corrected chi connectivity index (χ4v) is 3.22. The van der Waals surface area contributed by atoms with E-state index in [-0.39, 0.29) is 5.82 Å². The monoisotopic (exact) mass is 367 g/mol. The highest BCUT2D eigenvalue weighted by atomic mass is 35.5. The lowest BCUT2D eigenvalue weighted by Crippen LogP contribution is -2.49. The molecule has 24 heavy (non-hydrogen) atoms. The Kier molecular flexibility index (Phi) is 4.99. The number of benzene rings is 1. The van der Waals surface area contributed by atoms with Gasteiger partial charge in [0.15, 0.2) is 18.3 Å². The number of hydrogen-bond donors (Lipinski definition) is 1. The summed E-state index contributed by atoms with van der Waals surface area (Å²) in [5, 5.41) is 5.33. The van der Waals surface area contributed by atoms with E-state index < -0.39 is 6.17 Å². The summed E-state index contributed by atoms with van der Waals surface area (Å²) in [4.78, 5) is 16.0. The van der Waals surface area contributed by atoms with Gasteiger partial charge >= 0.3 is 0 Å². The van der Waals surface area contributed by atoms with Gasteiger partial charge in [0, 0.05) is 36.9 Å². The molecule has 0 saturated carbocycles. The summed E-state index contributed by atoms with van der Waals surface area (Å²) in [6.45, 7) is 4.92. The molecule has 1 atom stereocenters. The van der Waals surface area contributed by atoms with Crippen LogP contribution in [0.25, 0.3) is 0 Å². The quantitative estimate of drug-likeness (QED) is 0.841. The third-order valence-electron chi connectivity index (χ3n) is 4.35. The highest BCUT2D eigenvalue weighted by molar-refractivity contribution is 6.33. The number of carbonyl (C=O) groups is 1. The van der Waals surface area contributed by atoms with E-state index in [2.05, 4.69) is 14.9 Å². The van der Waals surface area contributed by atoms with Crippen molar-refractivity contribution in [3.05, 3.63) is 40.0 Å². The van der Waals surface area contributed by atoms with Crippen molar-refractivity contribution in [2.24, 2.45) is 0 Å². The number of carbonyl (C=O) groups excluding carboxylic acids is 1. The van der Waals surface area contributed by atoms with Crippen LogP contribution in [-0.4, -0.2) is 47.1 Å². The number of nitrogens with two attached hydrogens (primary N) is 1. The fourth-order valence-electron chi connectivity index (χ4n) is 2.97. The van der Waals surface area contributed by atoms with Gasteiger partial charge in [0.1, 0.15) is 5.02 Å². The number of aldehydes is 1. The van der Waals surface area contributed by atoms with E-state index in [9.17, 15) is 4.79 Å². The lowest BCUT2D eigenvalue weighted by Gasteiger charge is -2.38. The summed E-state index contributed by atoms with van der Waals surface area (Å²) in [6.07, 6.45) is 0.389. The van der Waals surface area contributed by atoms with Gasteiger partial charge in [0.2, 0.25) is 0 Å². The number of aromatic nitrogens is 2. The molecule has 1 aromatic heterocycles. The minimum absolute atomic E-state index is 0.251. The van der Waals surface area contributed by atoms with Gasteiger partial charge in [-0.15, -0.1) is 0 Å². The lowest BCUT2D eigenvalue weighted by molar-refractivity contribution is -0.116. The molecule has 0 radical (unpaired) electrons. The van der Waals surface area contributed by atoms with Crippen LogP contribution in [0.1, 0.15) is 11.9 Å². The number of anilines is 2. The summed E-state index contributed by atoms with van der Waals surface area (Å²) in [7, 11) is 0. The smallest absolute Gasteiger partial charge is 0.164 e. The number of halogens is 2. The van der Waals surface area contributed by atoms with E-state index in [4.69, 9.17) is 28.9 Å². The normalized spacial score (nSPS) is 17.0. The van der Waals surface area contributed by atoms with Crippen LogP contribution in [-0.2, 0) is 4.79 Å². The van der Waals surface area contributed by atoms with Gasteiger partial charge in [0.05, 0.1) is 5.69 Å². The number of rotatable bonds is 4. The van der Waals surface area contributed by atoms with E-state index >= 15 is 0 Å². The number of piperazine rings is 1. The summed E-state index contributed by atoms with van der Waals surface area (Å²) >= 11 is 12.0. The van der Waals surface area contributed by atoms with Crippen LogP contribution >= 0.6 is 23.2 Å². The van der Waals surface area contributed by atoms with Gasteiger partial charge < -0.3 is 10.6 Å². The predicted molar refractivity (Wildman–Crippen MR) is 96.7 cm³/mol. The Morgan fingerprint density at radius 3 is 2.29 bits per heavy atom. The molecule has 1 aromatic carbocycles. The van der Waals surface area contributed by atoms with Gasteiger partial charge in [0.25, 0.3) is 0 Å². The molecule has 8 heteroatoms. The SMILES string of the molecule is Cc1c(Cl)c(N)nn1C(C=O)N1CCN(c2ccc(Cl)cc2)CC1. The average molecular weight is 368 g/mol. The average Bonchev–Trinajstić information content (AvgIpc) is 2.85. The van der Waals surface area contributed by atoms with Crippen molar-refractivity contribution in [3.63, 3.8) is 0 Å². The molecular weight excluding hydrogens is 349 g/mol. The second-order valence-electron chi connectivity index (χ2n) is 5.78. The van der Waals surface area contributed by atoms with E-state index in [0.29, 0.717) is 10.7 Å². The second-order valence-corrected chi connectivity index (χ2v) is 6.59. The van der Waals surface area contributed by atoms with Gasteiger partial charge in [-0.3, -0.25) is 9.69 Å². The van der Waals surface area contributed by atoms with Crippen LogP contribution in [0.2, 0.25) is 10.0 Å².